The van der Waals surface area contributed by atoms with Gasteiger partial charge in [0.05, 0.1) is 16.8 Å². The van der Waals surface area contributed by atoms with Gasteiger partial charge >= 0.3 is 0 Å². The summed E-state index contributed by atoms with van der Waals surface area (Å²) in [5.74, 6) is 0. The zero-order valence-corrected chi connectivity index (χ0v) is 7.90. The lowest BCUT2D eigenvalue weighted by molar-refractivity contribution is 0.591. The minimum absolute atomic E-state index is 0.359. The van der Waals surface area contributed by atoms with Gasteiger partial charge in [-0.15, -0.1) is 0 Å². The van der Waals surface area contributed by atoms with Gasteiger partial charge in [-0.05, 0) is 6.07 Å². The van der Waals surface area contributed by atoms with E-state index in [9.17, 15) is 8.42 Å². The predicted octanol–water partition coefficient (Wildman–Crippen LogP) is 1.10. The van der Waals surface area contributed by atoms with Gasteiger partial charge in [0, 0.05) is 5.56 Å². The van der Waals surface area contributed by atoms with Crippen LogP contribution in [0.1, 0.15) is 0 Å². The molecule has 0 bridgehead atoms. The summed E-state index contributed by atoms with van der Waals surface area (Å²) in [6, 6.07) is 6.93. The minimum atomic E-state index is -3.37. The van der Waals surface area contributed by atoms with E-state index in [0.29, 0.717) is 10.6 Å². The third-order valence-electron chi connectivity index (χ3n) is 2.31. The summed E-state index contributed by atoms with van der Waals surface area (Å²) in [6.07, 6.45) is 2.88. The summed E-state index contributed by atoms with van der Waals surface area (Å²) in [7, 11) is -3.37. The van der Waals surface area contributed by atoms with Crippen molar-refractivity contribution in [2.75, 3.05) is 0 Å². The van der Waals surface area contributed by atoms with Crippen LogP contribution < -0.4 is 0 Å². The second-order valence-corrected chi connectivity index (χ2v) is 4.86. The number of aromatic nitrogens is 2. The number of rotatable bonds is 0. The summed E-state index contributed by atoms with van der Waals surface area (Å²) >= 11 is 0. The monoisotopic (exact) mass is 206 g/mol. The Morgan fingerprint density at radius 1 is 1.21 bits per heavy atom. The molecule has 1 aliphatic heterocycles. The molecule has 2 heterocycles. The van der Waals surface area contributed by atoms with Crippen LogP contribution in [0.15, 0.2) is 41.7 Å². The summed E-state index contributed by atoms with van der Waals surface area (Å²) in [6.45, 7) is 0. The lowest BCUT2D eigenvalue weighted by atomic mass is 10.2. The van der Waals surface area contributed by atoms with E-state index in [-0.39, 0.29) is 0 Å². The highest BCUT2D eigenvalue weighted by Gasteiger charge is 2.31. The molecular weight excluding hydrogens is 200 g/mol. The number of nitrogens with zero attached hydrogens (tertiary/aromatic N) is 2. The van der Waals surface area contributed by atoms with Crippen molar-refractivity contribution in [1.29, 1.82) is 0 Å². The van der Waals surface area contributed by atoms with Crippen LogP contribution in [0.2, 0.25) is 0 Å². The van der Waals surface area contributed by atoms with Crippen molar-refractivity contribution >= 4 is 10.0 Å². The Labute approximate surface area is 80.9 Å². The molecule has 0 amide bonds. The Bertz CT molecular complexity index is 613. The van der Waals surface area contributed by atoms with Crippen LogP contribution in [0.25, 0.3) is 11.3 Å². The van der Waals surface area contributed by atoms with Crippen LogP contribution in [0, 0.1) is 0 Å². The molecule has 0 N–H and O–H groups in total. The Balaban J connectivity index is 2.55. The van der Waals surface area contributed by atoms with Gasteiger partial charge in [0.25, 0.3) is 10.0 Å². The van der Waals surface area contributed by atoms with E-state index >= 15 is 0 Å². The maximum absolute atomic E-state index is 11.9. The summed E-state index contributed by atoms with van der Waals surface area (Å²) in [5, 5.41) is 0. The van der Waals surface area contributed by atoms with Gasteiger partial charge in [-0.25, -0.2) is 17.4 Å². The fourth-order valence-electron chi connectivity index (χ4n) is 1.67. The first-order valence-electron chi connectivity index (χ1n) is 4.08. The third kappa shape index (κ3) is 0.730. The van der Waals surface area contributed by atoms with Crippen molar-refractivity contribution in [2.45, 2.75) is 4.90 Å². The minimum Gasteiger partial charge on any atom is -0.243 e. The second-order valence-electron chi connectivity index (χ2n) is 3.08. The highest BCUT2D eigenvalue weighted by atomic mass is 32.2. The van der Waals surface area contributed by atoms with Crippen molar-refractivity contribution in [2.24, 2.45) is 0 Å². The Morgan fingerprint density at radius 2 is 2.00 bits per heavy atom. The van der Waals surface area contributed by atoms with Crippen molar-refractivity contribution in [3.8, 4) is 11.3 Å². The molecule has 1 aromatic carbocycles. The summed E-state index contributed by atoms with van der Waals surface area (Å²) in [5.41, 5.74) is 1.37. The highest BCUT2D eigenvalue weighted by molar-refractivity contribution is 7.90. The molecule has 14 heavy (non-hydrogen) atoms. The van der Waals surface area contributed by atoms with Gasteiger partial charge in [0.2, 0.25) is 0 Å². The number of fused-ring (bicyclic) bond motifs is 3. The smallest absolute Gasteiger partial charge is 0.243 e. The fraction of sp³-hybridized carbons (Fsp3) is 0. The fourth-order valence-corrected chi connectivity index (χ4v) is 3.17. The molecule has 1 aromatic heterocycles. The van der Waals surface area contributed by atoms with E-state index in [1.807, 2.05) is 6.07 Å². The van der Waals surface area contributed by atoms with E-state index in [2.05, 4.69) is 4.98 Å². The van der Waals surface area contributed by atoms with Gasteiger partial charge in [0.15, 0.2) is 0 Å². The highest BCUT2D eigenvalue weighted by Crippen LogP contribution is 2.35. The number of hydrogen-bond donors (Lipinski definition) is 0. The first kappa shape index (κ1) is 7.75. The summed E-state index contributed by atoms with van der Waals surface area (Å²) in [4.78, 5) is 4.18. The molecule has 0 atom stereocenters. The maximum atomic E-state index is 11.9. The predicted molar refractivity (Wildman–Crippen MR) is 50.2 cm³/mol. The topological polar surface area (TPSA) is 52.0 Å². The SMILES string of the molecule is O=S1(=O)c2ccccc2-c2cncn21. The largest absolute Gasteiger partial charge is 0.270 e. The first-order valence-corrected chi connectivity index (χ1v) is 5.52. The quantitative estimate of drug-likeness (QED) is 0.553. The molecule has 4 nitrogen and oxygen atoms in total. The molecule has 0 saturated heterocycles. The molecule has 0 spiro atoms. The van der Waals surface area contributed by atoms with E-state index in [1.54, 1.807) is 24.4 Å². The second kappa shape index (κ2) is 2.24. The van der Waals surface area contributed by atoms with E-state index in [1.165, 1.54) is 10.3 Å². The lowest BCUT2D eigenvalue weighted by Gasteiger charge is -1.96. The Kier molecular flexibility index (Phi) is 1.24. The summed E-state index contributed by atoms with van der Waals surface area (Å²) < 4.78 is 24.9. The molecule has 1 aliphatic rings. The molecule has 2 aromatic rings. The third-order valence-corrected chi connectivity index (χ3v) is 4.03. The zero-order valence-electron chi connectivity index (χ0n) is 7.08. The van der Waals surface area contributed by atoms with Crippen molar-refractivity contribution in [3.05, 3.63) is 36.8 Å². The van der Waals surface area contributed by atoms with E-state index in [0.717, 1.165) is 5.56 Å². The molecule has 70 valence electrons. The van der Waals surface area contributed by atoms with Crippen LogP contribution in [-0.2, 0) is 10.0 Å². The number of benzene rings is 1. The standard InChI is InChI=1S/C9H6N2O2S/c12-14(13)9-4-2-1-3-7(9)8-5-10-6-11(8)14/h1-6H. The van der Waals surface area contributed by atoms with E-state index < -0.39 is 10.0 Å². The Morgan fingerprint density at radius 3 is 2.86 bits per heavy atom. The molecule has 0 fully saturated rings. The number of imidazole rings is 1. The molecule has 3 rings (SSSR count). The van der Waals surface area contributed by atoms with Gasteiger partial charge in [-0.3, -0.25) is 0 Å². The van der Waals surface area contributed by atoms with Crippen molar-refractivity contribution in [1.82, 2.24) is 8.96 Å². The molecule has 0 aliphatic carbocycles. The zero-order chi connectivity index (χ0) is 9.76. The van der Waals surface area contributed by atoms with Crippen LogP contribution in [-0.4, -0.2) is 17.4 Å². The number of hydrogen-bond acceptors (Lipinski definition) is 3. The van der Waals surface area contributed by atoms with Crippen LogP contribution >= 0.6 is 0 Å². The molecule has 0 radical (unpaired) electrons. The Hall–Kier alpha value is -1.62. The molecular formula is C9H6N2O2S. The average Bonchev–Trinajstić information content (AvgIpc) is 2.72. The first-order chi connectivity index (χ1) is 6.71. The van der Waals surface area contributed by atoms with Crippen molar-refractivity contribution < 1.29 is 8.42 Å². The van der Waals surface area contributed by atoms with Gasteiger partial charge in [0.1, 0.15) is 6.33 Å². The van der Waals surface area contributed by atoms with Crippen LogP contribution in [0.3, 0.4) is 0 Å². The van der Waals surface area contributed by atoms with Crippen molar-refractivity contribution in [3.63, 3.8) is 0 Å². The normalized spacial score (nSPS) is 16.3. The van der Waals surface area contributed by atoms with Crippen LogP contribution in [0.4, 0.5) is 0 Å². The lowest BCUT2D eigenvalue weighted by Crippen LogP contribution is -2.05. The van der Waals surface area contributed by atoms with Gasteiger partial charge in [-0.1, -0.05) is 18.2 Å². The van der Waals surface area contributed by atoms with E-state index in [4.69, 9.17) is 0 Å². The van der Waals surface area contributed by atoms with Crippen LogP contribution in [0.5, 0.6) is 0 Å². The van der Waals surface area contributed by atoms with Gasteiger partial charge in [-0.2, -0.15) is 0 Å². The maximum Gasteiger partial charge on any atom is 0.270 e. The average molecular weight is 206 g/mol. The molecule has 5 heteroatoms. The van der Waals surface area contributed by atoms with Gasteiger partial charge < -0.3 is 0 Å². The molecule has 0 saturated carbocycles. The molecule has 0 unspecified atom stereocenters.